The van der Waals surface area contributed by atoms with Gasteiger partial charge in [0, 0.05) is 25.0 Å². The van der Waals surface area contributed by atoms with Crippen LogP contribution in [0.15, 0.2) is 42.6 Å². The molecule has 1 aromatic heterocycles. The Hall–Kier alpha value is -1.75. The number of nitrogens with zero attached hydrogens (tertiary/aromatic N) is 1. The minimum absolute atomic E-state index is 0.438. The van der Waals surface area contributed by atoms with Crippen LogP contribution in [0.4, 0.5) is 13.2 Å². The van der Waals surface area contributed by atoms with Gasteiger partial charge in [-0.25, -0.2) is 0 Å². The van der Waals surface area contributed by atoms with Crippen molar-refractivity contribution < 1.29 is 13.2 Å². The van der Waals surface area contributed by atoms with E-state index in [2.05, 4.69) is 5.32 Å². The summed E-state index contributed by atoms with van der Waals surface area (Å²) in [4.78, 5) is 0. The molecule has 0 saturated heterocycles. The minimum Gasteiger partial charge on any atom is -0.346 e. The fourth-order valence-corrected chi connectivity index (χ4v) is 1.99. The maximum absolute atomic E-state index is 12.6. The van der Waals surface area contributed by atoms with Crippen LogP contribution >= 0.6 is 0 Å². The second-order valence-electron chi connectivity index (χ2n) is 4.36. The van der Waals surface area contributed by atoms with E-state index in [0.29, 0.717) is 18.7 Å². The van der Waals surface area contributed by atoms with Crippen LogP contribution in [0.3, 0.4) is 0 Å². The molecule has 1 N–H and O–H groups in total. The number of alkyl halides is 3. The normalized spacial score (nSPS) is 11.8. The Bertz CT molecular complexity index is 544. The molecule has 1 aromatic carbocycles. The Morgan fingerprint density at radius 1 is 1.16 bits per heavy atom. The summed E-state index contributed by atoms with van der Waals surface area (Å²) < 4.78 is 39.8. The van der Waals surface area contributed by atoms with Crippen molar-refractivity contribution in [2.45, 2.75) is 19.3 Å². The lowest BCUT2D eigenvalue weighted by atomic mass is 10.1. The van der Waals surface area contributed by atoms with Crippen molar-refractivity contribution in [2.24, 2.45) is 0 Å². The van der Waals surface area contributed by atoms with E-state index < -0.39 is 11.7 Å². The standard InChI is InChI=1S/C14H15F3N2/c1-18-9-13-6-3-7-19(13)10-11-4-2-5-12(8-11)14(15,16)17/h2-8,18H,9-10H2,1H3. The first-order valence-electron chi connectivity index (χ1n) is 5.95. The van der Waals surface area contributed by atoms with Gasteiger partial charge in [-0.05, 0) is 36.9 Å². The third kappa shape index (κ3) is 3.38. The molecule has 0 amide bonds. The molecule has 1 heterocycles. The molecule has 0 fully saturated rings. The number of hydrogen-bond acceptors (Lipinski definition) is 1. The Morgan fingerprint density at radius 2 is 1.95 bits per heavy atom. The maximum Gasteiger partial charge on any atom is 0.416 e. The summed E-state index contributed by atoms with van der Waals surface area (Å²) in [6, 6.07) is 9.28. The first-order valence-corrected chi connectivity index (χ1v) is 5.95. The summed E-state index contributed by atoms with van der Waals surface area (Å²) in [6.07, 6.45) is -2.42. The molecule has 0 aliphatic carbocycles. The van der Waals surface area contributed by atoms with Gasteiger partial charge in [0.25, 0.3) is 0 Å². The van der Waals surface area contributed by atoms with Crippen LogP contribution in [-0.2, 0) is 19.3 Å². The van der Waals surface area contributed by atoms with Crippen molar-refractivity contribution >= 4 is 0 Å². The van der Waals surface area contributed by atoms with Crippen LogP contribution in [0, 0.1) is 0 Å². The van der Waals surface area contributed by atoms with Gasteiger partial charge in [0.15, 0.2) is 0 Å². The van der Waals surface area contributed by atoms with Crippen molar-refractivity contribution in [1.29, 1.82) is 0 Å². The molecule has 0 aliphatic heterocycles. The van der Waals surface area contributed by atoms with Crippen molar-refractivity contribution in [3.63, 3.8) is 0 Å². The number of nitrogens with one attached hydrogen (secondary N) is 1. The van der Waals surface area contributed by atoms with Crippen LogP contribution in [0.2, 0.25) is 0 Å². The Labute approximate surface area is 109 Å². The predicted octanol–water partition coefficient (Wildman–Crippen LogP) is 3.27. The maximum atomic E-state index is 12.6. The quantitative estimate of drug-likeness (QED) is 0.900. The molecule has 2 nitrogen and oxygen atoms in total. The van der Waals surface area contributed by atoms with Crippen LogP contribution in [0.1, 0.15) is 16.8 Å². The van der Waals surface area contributed by atoms with E-state index in [1.54, 1.807) is 6.07 Å². The fourth-order valence-electron chi connectivity index (χ4n) is 1.99. The molecule has 19 heavy (non-hydrogen) atoms. The second kappa shape index (κ2) is 5.48. The van der Waals surface area contributed by atoms with Crippen molar-refractivity contribution in [2.75, 3.05) is 7.05 Å². The SMILES string of the molecule is CNCc1cccn1Cc1cccc(C(F)(F)F)c1. The van der Waals surface area contributed by atoms with E-state index in [-0.39, 0.29) is 0 Å². The Kier molecular flexibility index (Phi) is 3.95. The van der Waals surface area contributed by atoms with E-state index in [4.69, 9.17) is 0 Å². The smallest absolute Gasteiger partial charge is 0.346 e. The van der Waals surface area contributed by atoms with E-state index in [1.165, 1.54) is 12.1 Å². The molecule has 0 aliphatic rings. The summed E-state index contributed by atoms with van der Waals surface area (Å²) in [5, 5.41) is 3.03. The number of aromatic nitrogens is 1. The predicted molar refractivity (Wildman–Crippen MR) is 67.7 cm³/mol. The zero-order valence-electron chi connectivity index (χ0n) is 10.5. The van der Waals surface area contributed by atoms with Crippen molar-refractivity contribution in [3.05, 3.63) is 59.4 Å². The van der Waals surface area contributed by atoms with E-state index >= 15 is 0 Å². The molecule has 0 bridgehead atoms. The van der Waals surface area contributed by atoms with Gasteiger partial charge in [-0.3, -0.25) is 0 Å². The average Bonchev–Trinajstić information content (AvgIpc) is 2.77. The number of hydrogen-bond donors (Lipinski definition) is 1. The third-order valence-corrected chi connectivity index (χ3v) is 2.89. The average molecular weight is 268 g/mol. The van der Waals surface area contributed by atoms with Crippen molar-refractivity contribution in [3.8, 4) is 0 Å². The molecule has 0 unspecified atom stereocenters. The molecule has 0 saturated carbocycles. The highest BCUT2D eigenvalue weighted by atomic mass is 19.4. The van der Waals surface area contributed by atoms with E-state index in [9.17, 15) is 13.2 Å². The summed E-state index contributed by atoms with van der Waals surface area (Å²) in [6.45, 7) is 1.12. The van der Waals surface area contributed by atoms with Gasteiger partial charge < -0.3 is 9.88 Å². The highest BCUT2D eigenvalue weighted by molar-refractivity contribution is 5.26. The first-order chi connectivity index (χ1) is 9.00. The van der Waals surface area contributed by atoms with Gasteiger partial charge in [0.05, 0.1) is 5.56 Å². The van der Waals surface area contributed by atoms with Crippen LogP contribution < -0.4 is 5.32 Å². The molecule has 2 rings (SSSR count). The van der Waals surface area contributed by atoms with Crippen molar-refractivity contribution in [1.82, 2.24) is 9.88 Å². The molecule has 5 heteroatoms. The van der Waals surface area contributed by atoms with Gasteiger partial charge in [-0.1, -0.05) is 12.1 Å². The highest BCUT2D eigenvalue weighted by Gasteiger charge is 2.30. The van der Waals surface area contributed by atoms with E-state index in [0.717, 1.165) is 11.8 Å². The monoisotopic (exact) mass is 268 g/mol. The largest absolute Gasteiger partial charge is 0.416 e. The highest BCUT2D eigenvalue weighted by Crippen LogP contribution is 2.29. The molecule has 102 valence electrons. The van der Waals surface area contributed by atoms with Crippen LogP contribution in [-0.4, -0.2) is 11.6 Å². The van der Waals surface area contributed by atoms with Gasteiger partial charge >= 0.3 is 6.18 Å². The summed E-state index contributed by atoms with van der Waals surface area (Å²) in [5.74, 6) is 0. The molecular weight excluding hydrogens is 253 g/mol. The summed E-state index contributed by atoms with van der Waals surface area (Å²) in [5.41, 5.74) is 1.08. The first kappa shape index (κ1) is 13.7. The van der Waals surface area contributed by atoms with Crippen LogP contribution in [0.5, 0.6) is 0 Å². The lowest BCUT2D eigenvalue weighted by Gasteiger charge is -2.11. The lowest BCUT2D eigenvalue weighted by molar-refractivity contribution is -0.137. The second-order valence-corrected chi connectivity index (χ2v) is 4.36. The van der Waals surface area contributed by atoms with Gasteiger partial charge in [0.1, 0.15) is 0 Å². The molecule has 0 atom stereocenters. The fraction of sp³-hybridized carbons (Fsp3) is 0.286. The molecule has 0 spiro atoms. The molecule has 0 radical (unpaired) electrons. The van der Waals surface area contributed by atoms with Gasteiger partial charge in [-0.15, -0.1) is 0 Å². The third-order valence-electron chi connectivity index (χ3n) is 2.89. The zero-order valence-corrected chi connectivity index (χ0v) is 10.5. The lowest BCUT2D eigenvalue weighted by Crippen LogP contribution is -2.12. The number of benzene rings is 1. The molecule has 2 aromatic rings. The Morgan fingerprint density at radius 3 is 2.63 bits per heavy atom. The van der Waals surface area contributed by atoms with Crippen LogP contribution in [0.25, 0.3) is 0 Å². The van der Waals surface area contributed by atoms with E-state index in [1.807, 2.05) is 29.9 Å². The minimum atomic E-state index is -4.29. The Balaban J connectivity index is 2.21. The number of halogens is 3. The summed E-state index contributed by atoms with van der Waals surface area (Å²) >= 11 is 0. The topological polar surface area (TPSA) is 17.0 Å². The number of rotatable bonds is 4. The zero-order chi connectivity index (χ0) is 13.9. The summed E-state index contributed by atoms with van der Waals surface area (Å²) in [7, 11) is 1.83. The van der Waals surface area contributed by atoms with Gasteiger partial charge in [0.2, 0.25) is 0 Å². The van der Waals surface area contributed by atoms with Gasteiger partial charge in [-0.2, -0.15) is 13.2 Å². The molecular formula is C14H15F3N2.